The fraction of sp³-hybridized carbons (Fsp3) is 0.286. The number of carbonyl (C=O) groups excluding carboxylic acids is 3. The van der Waals surface area contributed by atoms with Gasteiger partial charge in [-0.25, -0.2) is 13.9 Å². The second kappa shape index (κ2) is 9.44. The van der Waals surface area contributed by atoms with Crippen molar-refractivity contribution in [3.05, 3.63) is 71.5 Å². The number of amides is 2. The van der Waals surface area contributed by atoms with Gasteiger partial charge in [-0.3, -0.25) is 9.59 Å². The summed E-state index contributed by atoms with van der Waals surface area (Å²) < 4.78 is 27.2. The fourth-order valence-electron chi connectivity index (χ4n) is 5.20. The van der Waals surface area contributed by atoms with Crippen molar-refractivity contribution in [1.82, 2.24) is 9.78 Å². The topological polar surface area (TPSA) is 97.9 Å². The molecule has 0 saturated carbocycles. The lowest BCUT2D eigenvalue weighted by Gasteiger charge is -2.29. The maximum Gasteiger partial charge on any atom is 0.359 e. The van der Waals surface area contributed by atoms with E-state index in [1.165, 1.54) is 23.1 Å². The molecule has 0 N–H and O–H groups in total. The molecule has 1 saturated heterocycles. The zero-order valence-electron chi connectivity index (χ0n) is 20.8. The molecule has 4 aromatic rings. The second-order valence-electron chi connectivity index (χ2n) is 9.26. The highest BCUT2D eigenvalue weighted by molar-refractivity contribution is 6.09. The van der Waals surface area contributed by atoms with Crippen molar-refractivity contribution >= 4 is 40.1 Å². The van der Waals surface area contributed by atoms with E-state index >= 15 is 4.39 Å². The molecule has 2 aliphatic heterocycles. The van der Waals surface area contributed by atoms with Gasteiger partial charge in [0.2, 0.25) is 5.91 Å². The molecule has 9 nitrogen and oxygen atoms in total. The van der Waals surface area contributed by atoms with E-state index in [0.717, 1.165) is 18.5 Å². The minimum absolute atomic E-state index is 0.000462. The number of hydrogen-bond acceptors (Lipinski definition) is 6. The van der Waals surface area contributed by atoms with E-state index in [4.69, 9.17) is 9.15 Å². The number of rotatable bonds is 5. The van der Waals surface area contributed by atoms with E-state index < -0.39 is 17.7 Å². The van der Waals surface area contributed by atoms with Crippen LogP contribution in [0.1, 0.15) is 52.7 Å². The molecule has 2 aliphatic rings. The van der Waals surface area contributed by atoms with Crippen molar-refractivity contribution in [3.8, 4) is 5.69 Å². The zero-order valence-corrected chi connectivity index (χ0v) is 20.8. The molecule has 38 heavy (non-hydrogen) atoms. The lowest BCUT2D eigenvalue weighted by Crippen LogP contribution is -2.39. The van der Waals surface area contributed by atoms with Crippen LogP contribution in [0.5, 0.6) is 0 Å². The maximum atomic E-state index is 15.5. The number of fused-ring (bicyclic) bond motifs is 2. The Morgan fingerprint density at radius 1 is 1.00 bits per heavy atom. The number of anilines is 2. The Morgan fingerprint density at radius 2 is 1.76 bits per heavy atom. The molecule has 0 spiro atoms. The summed E-state index contributed by atoms with van der Waals surface area (Å²) >= 11 is 0. The number of ether oxygens (including phenoxy) is 1. The van der Waals surface area contributed by atoms with Gasteiger partial charge in [0.25, 0.3) is 5.91 Å². The van der Waals surface area contributed by atoms with Gasteiger partial charge in [-0.1, -0.05) is 0 Å². The largest absolute Gasteiger partial charge is 0.464 e. The zero-order chi connectivity index (χ0) is 26.4. The van der Waals surface area contributed by atoms with Crippen LogP contribution in [0.2, 0.25) is 0 Å². The van der Waals surface area contributed by atoms with E-state index in [2.05, 4.69) is 5.10 Å². The molecule has 194 valence electrons. The molecule has 2 aromatic heterocycles. The first-order valence-electron chi connectivity index (χ1n) is 12.6. The van der Waals surface area contributed by atoms with Gasteiger partial charge in [-0.05, 0) is 68.7 Å². The van der Waals surface area contributed by atoms with Crippen molar-refractivity contribution in [2.75, 3.05) is 29.5 Å². The highest BCUT2D eigenvalue weighted by Gasteiger charge is 2.36. The number of aromatic nitrogens is 2. The standard InChI is InChI=1S/C28H25FN4O5/c1-2-37-28(36)25-20-12-15-32(18-8-6-17(7-9-18)31-14-4-3-5-23(31)34)27(35)26(20)33(30-25)21-10-11-22-19(24(21)29)13-16-38-22/h6-11,13,16H,2-5,12,14-15H2,1H3. The third kappa shape index (κ3) is 3.84. The van der Waals surface area contributed by atoms with E-state index in [0.29, 0.717) is 42.8 Å². The molecule has 0 radical (unpaired) electrons. The Kier molecular flexibility index (Phi) is 5.94. The predicted molar refractivity (Wildman–Crippen MR) is 137 cm³/mol. The number of nitrogens with zero attached hydrogens (tertiary/aromatic N) is 4. The minimum Gasteiger partial charge on any atom is -0.464 e. The Labute approximate surface area is 217 Å². The van der Waals surface area contributed by atoms with Gasteiger partial charge in [0, 0.05) is 36.4 Å². The van der Waals surface area contributed by atoms with Crippen molar-refractivity contribution in [2.24, 2.45) is 0 Å². The summed E-state index contributed by atoms with van der Waals surface area (Å²) in [4.78, 5) is 42.3. The predicted octanol–water partition coefficient (Wildman–Crippen LogP) is 4.65. The molecule has 0 atom stereocenters. The van der Waals surface area contributed by atoms with E-state index in [1.807, 2.05) is 12.1 Å². The van der Waals surface area contributed by atoms with Crippen LogP contribution in [0.25, 0.3) is 16.7 Å². The van der Waals surface area contributed by atoms with Crippen LogP contribution < -0.4 is 9.80 Å². The Morgan fingerprint density at radius 3 is 2.50 bits per heavy atom. The van der Waals surface area contributed by atoms with Gasteiger partial charge in [0.1, 0.15) is 17.0 Å². The molecule has 0 bridgehead atoms. The molecule has 1 fully saturated rings. The van der Waals surface area contributed by atoms with Crippen LogP contribution in [-0.4, -0.2) is 47.3 Å². The van der Waals surface area contributed by atoms with Gasteiger partial charge >= 0.3 is 5.97 Å². The summed E-state index contributed by atoms with van der Waals surface area (Å²) in [5, 5.41) is 4.62. The van der Waals surface area contributed by atoms with Gasteiger partial charge in [0.15, 0.2) is 11.5 Å². The third-order valence-corrected chi connectivity index (χ3v) is 7.06. The van der Waals surface area contributed by atoms with Gasteiger partial charge in [-0.2, -0.15) is 5.10 Å². The summed E-state index contributed by atoms with van der Waals surface area (Å²) in [6.45, 7) is 2.80. The van der Waals surface area contributed by atoms with Gasteiger partial charge in [0.05, 0.1) is 18.3 Å². The van der Waals surface area contributed by atoms with Gasteiger partial charge < -0.3 is 19.0 Å². The van der Waals surface area contributed by atoms with Crippen LogP contribution in [0.15, 0.2) is 53.1 Å². The van der Waals surface area contributed by atoms with Crippen molar-refractivity contribution < 1.29 is 27.9 Å². The van der Waals surface area contributed by atoms with E-state index in [9.17, 15) is 14.4 Å². The Bertz CT molecular complexity index is 1570. The molecular formula is C28H25FN4O5. The monoisotopic (exact) mass is 516 g/mol. The van der Waals surface area contributed by atoms with Crippen molar-refractivity contribution in [2.45, 2.75) is 32.6 Å². The second-order valence-corrected chi connectivity index (χ2v) is 9.26. The number of carbonyl (C=O) groups is 3. The number of furan rings is 1. The van der Waals surface area contributed by atoms with Crippen LogP contribution >= 0.6 is 0 Å². The summed E-state index contributed by atoms with van der Waals surface area (Å²) in [6, 6.07) is 11.8. The average molecular weight is 517 g/mol. The SMILES string of the molecule is CCOC(=O)c1nn(-c2ccc3occc3c2F)c2c1CCN(c1ccc(N3CCCCC3=O)cc1)C2=O. The molecule has 6 rings (SSSR count). The molecule has 2 aromatic carbocycles. The molecule has 0 aliphatic carbocycles. The summed E-state index contributed by atoms with van der Waals surface area (Å²) in [7, 11) is 0. The number of piperidine rings is 1. The first-order chi connectivity index (χ1) is 18.5. The van der Waals surface area contributed by atoms with Crippen molar-refractivity contribution in [3.63, 3.8) is 0 Å². The molecule has 0 unspecified atom stereocenters. The number of esters is 1. The van der Waals surface area contributed by atoms with Crippen LogP contribution in [0, 0.1) is 5.82 Å². The van der Waals surface area contributed by atoms with E-state index in [1.54, 1.807) is 34.9 Å². The molecular weight excluding hydrogens is 491 g/mol. The van der Waals surface area contributed by atoms with Gasteiger partial charge in [-0.15, -0.1) is 0 Å². The maximum absolute atomic E-state index is 15.5. The normalized spacial score (nSPS) is 15.7. The fourth-order valence-corrected chi connectivity index (χ4v) is 5.20. The Balaban J connectivity index is 1.40. The van der Waals surface area contributed by atoms with Crippen LogP contribution in [0.3, 0.4) is 0 Å². The average Bonchev–Trinajstić information content (AvgIpc) is 3.56. The third-order valence-electron chi connectivity index (χ3n) is 7.06. The van der Waals surface area contributed by atoms with Crippen LogP contribution in [-0.2, 0) is 16.0 Å². The number of halogens is 1. The minimum atomic E-state index is -0.663. The Hall–Kier alpha value is -4.47. The van der Waals surface area contributed by atoms with Crippen LogP contribution in [0.4, 0.5) is 15.8 Å². The summed E-state index contributed by atoms with van der Waals surface area (Å²) in [5.41, 5.74) is 2.33. The first kappa shape index (κ1) is 23.9. The molecule has 2 amide bonds. The van der Waals surface area contributed by atoms with Crippen molar-refractivity contribution in [1.29, 1.82) is 0 Å². The summed E-state index contributed by atoms with van der Waals surface area (Å²) in [5.74, 6) is -1.60. The lowest BCUT2D eigenvalue weighted by molar-refractivity contribution is -0.119. The highest BCUT2D eigenvalue weighted by Crippen LogP contribution is 2.33. The highest BCUT2D eigenvalue weighted by atomic mass is 19.1. The first-order valence-corrected chi connectivity index (χ1v) is 12.6. The van der Waals surface area contributed by atoms with E-state index in [-0.39, 0.29) is 35.0 Å². The lowest BCUT2D eigenvalue weighted by atomic mass is 10.0. The molecule has 4 heterocycles. The molecule has 10 heteroatoms. The smallest absolute Gasteiger partial charge is 0.359 e. The number of benzene rings is 2. The summed E-state index contributed by atoms with van der Waals surface area (Å²) in [6.07, 6.45) is 4.09. The number of hydrogen-bond donors (Lipinski definition) is 0. The quantitative estimate of drug-likeness (QED) is 0.358.